The van der Waals surface area contributed by atoms with Crippen LogP contribution in [0.15, 0.2) is 29.4 Å². The van der Waals surface area contributed by atoms with Crippen LogP contribution >= 0.6 is 0 Å². The summed E-state index contributed by atoms with van der Waals surface area (Å²) in [5.41, 5.74) is 9.38. The number of benzene rings is 1. The lowest BCUT2D eigenvalue weighted by Crippen LogP contribution is -2.25. The van der Waals surface area contributed by atoms with Gasteiger partial charge in [-0.15, -0.1) is 0 Å². The molecule has 1 heterocycles. The van der Waals surface area contributed by atoms with Crippen molar-refractivity contribution >= 4 is 5.69 Å². The van der Waals surface area contributed by atoms with Crippen LogP contribution in [0.25, 0.3) is 10.4 Å². The highest BCUT2D eigenvalue weighted by Crippen LogP contribution is 2.30. The molecule has 5 heteroatoms. The number of para-hydroxylation sites is 2. The molecule has 5 nitrogen and oxygen atoms in total. The van der Waals surface area contributed by atoms with Crippen LogP contribution in [0.5, 0.6) is 5.75 Å². The average Bonchev–Trinajstić information content (AvgIpc) is 2.57. The molecule has 0 aliphatic carbocycles. The quantitative estimate of drug-likeness (QED) is 0.347. The molecule has 2 rings (SSSR count). The minimum atomic E-state index is 0.552. The molecule has 17 heavy (non-hydrogen) atoms. The highest BCUT2D eigenvalue weighted by Gasteiger charge is 2.14. The Morgan fingerprint density at radius 3 is 3.18 bits per heavy atom. The number of rotatable bonds is 4. The predicted octanol–water partition coefficient (Wildman–Crippen LogP) is 2.98. The summed E-state index contributed by atoms with van der Waals surface area (Å²) in [5.74, 6) is 0.953. The fourth-order valence-electron chi connectivity index (χ4n) is 2.01. The lowest BCUT2D eigenvalue weighted by Gasteiger charge is -2.23. The Hall–Kier alpha value is -1.87. The second-order valence-corrected chi connectivity index (χ2v) is 3.96. The fourth-order valence-corrected chi connectivity index (χ4v) is 2.01. The summed E-state index contributed by atoms with van der Waals surface area (Å²) in [5, 5.41) is 3.56. The normalized spacial score (nSPS) is 14.2. The topological polar surface area (TPSA) is 61.2 Å². The molecule has 0 fully saturated rings. The number of azide groups is 1. The van der Waals surface area contributed by atoms with E-state index in [1.165, 1.54) is 0 Å². The molecule has 1 aromatic rings. The Bertz CT molecular complexity index is 415. The largest absolute Gasteiger partial charge is 0.491 e. The van der Waals surface area contributed by atoms with E-state index in [1.807, 2.05) is 18.2 Å². The molecule has 0 saturated carbocycles. The number of ether oxygens (including phenoxy) is 1. The second-order valence-electron chi connectivity index (χ2n) is 3.96. The summed E-state index contributed by atoms with van der Waals surface area (Å²) in [4.78, 5) is 5.06. The van der Waals surface area contributed by atoms with Gasteiger partial charge in [-0.25, -0.2) is 0 Å². The maximum Gasteiger partial charge on any atom is 0.142 e. The van der Waals surface area contributed by atoms with Crippen molar-refractivity contribution in [3.63, 3.8) is 0 Å². The summed E-state index contributed by atoms with van der Waals surface area (Å²) < 4.78 is 5.68. The second kappa shape index (κ2) is 6.01. The number of fused-ring (bicyclic) bond motifs is 1. The van der Waals surface area contributed by atoms with Gasteiger partial charge in [-0.2, -0.15) is 0 Å². The minimum Gasteiger partial charge on any atom is -0.491 e. The third-order valence-electron chi connectivity index (χ3n) is 2.79. The molecule has 0 unspecified atom stereocenters. The summed E-state index contributed by atoms with van der Waals surface area (Å²) >= 11 is 0. The van der Waals surface area contributed by atoms with Crippen LogP contribution in [0.2, 0.25) is 0 Å². The van der Waals surface area contributed by atoms with Crippen LogP contribution < -0.4 is 9.64 Å². The molecule has 0 bridgehead atoms. The Labute approximate surface area is 101 Å². The van der Waals surface area contributed by atoms with Gasteiger partial charge in [-0.3, -0.25) is 0 Å². The number of nitrogens with zero attached hydrogens (tertiary/aromatic N) is 4. The zero-order chi connectivity index (χ0) is 11.9. The molecule has 0 radical (unpaired) electrons. The number of anilines is 1. The van der Waals surface area contributed by atoms with Gasteiger partial charge < -0.3 is 9.64 Å². The SMILES string of the molecule is [N-]=[N+]=NCCCN1CCCOc2ccccc21. The van der Waals surface area contributed by atoms with Crippen molar-refractivity contribution in [2.45, 2.75) is 12.8 Å². The van der Waals surface area contributed by atoms with E-state index in [2.05, 4.69) is 21.0 Å². The molecule has 0 spiro atoms. The predicted molar refractivity (Wildman–Crippen MR) is 67.4 cm³/mol. The van der Waals surface area contributed by atoms with Gasteiger partial charge in [-0.05, 0) is 30.5 Å². The Kier molecular flexibility index (Phi) is 4.11. The van der Waals surface area contributed by atoms with Gasteiger partial charge in [-0.1, -0.05) is 17.2 Å². The maximum absolute atomic E-state index is 8.23. The molecule has 1 aromatic carbocycles. The molecule has 1 aliphatic rings. The fraction of sp³-hybridized carbons (Fsp3) is 0.500. The highest BCUT2D eigenvalue weighted by molar-refractivity contribution is 5.58. The first-order valence-electron chi connectivity index (χ1n) is 5.89. The number of hydrogen-bond acceptors (Lipinski definition) is 3. The summed E-state index contributed by atoms with van der Waals surface area (Å²) in [6.45, 7) is 3.21. The molecule has 0 N–H and O–H groups in total. The van der Waals surface area contributed by atoms with Crippen molar-refractivity contribution in [2.75, 3.05) is 31.1 Å². The minimum absolute atomic E-state index is 0.552. The third kappa shape index (κ3) is 3.04. The van der Waals surface area contributed by atoms with Crippen LogP contribution in [0.3, 0.4) is 0 Å². The molecule has 0 saturated heterocycles. The Balaban J connectivity index is 2.03. The Morgan fingerprint density at radius 1 is 1.41 bits per heavy atom. The molecular weight excluding hydrogens is 216 g/mol. The zero-order valence-corrected chi connectivity index (χ0v) is 9.75. The van der Waals surface area contributed by atoms with Crippen molar-refractivity contribution in [1.29, 1.82) is 0 Å². The molecule has 1 aliphatic heterocycles. The van der Waals surface area contributed by atoms with Crippen LogP contribution in [0, 0.1) is 0 Å². The van der Waals surface area contributed by atoms with E-state index in [0.717, 1.165) is 44.0 Å². The van der Waals surface area contributed by atoms with Gasteiger partial charge in [0.05, 0.1) is 12.3 Å². The van der Waals surface area contributed by atoms with Crippen molar-refractivity contribution in [2.24, 2.45) is 5.11 Å². The van der Waals surface area contributed by atoms with Gasteiger partial charge in [0, 0.05) is 24.5 Å². The molecule has 90 valence electrons. The first-order chi connectivity index (χ1) is 8.42. The van der Waals surface area contributed by atoms with E-state index >= 15 is 0 Å². The van der Waals surface area contributed by atoms with Crippen LogP contribution in [0.1, 0.15) is 12.8 Å². The van der Waals surface area contributed by atoms with Crippen molar-refractivity contribution in [3.05, 3.63) is 34.7 Å². The molecule has 0 atom stereocenters. The number of hydrogen-bond donors (Lipinski definition) is 0. The van der Waals surface area contributed by atoms with E-state index in [-0.39, 0.29) is 0 Å². The van der Waals surface area contributed by atoms with Gasteiger partial charge in [0.15, 0.2) is 0 Å². The van der Waals surface area contributed by atoms with E-state index < -0.39 is 0 Å². The van der Waals surface area contributed by atoms with Crippen LogP contribution in [-0.4, -0.2) is 26.2 Å². The maximum atomic E-state index is 8.23. The smallest absolute Gasteiger partial charge is 0.142 e. The van der Waals surface area contributed by atoms with Crippen LogP contribution in [-0.2, 0) is 0 Å². The van der Waals surface area contributed by atoms with E-state index in [9.17, 15) is 0 Å². The molecule has 0 amide bonds. The summed E-state index contributed by atoms with van der Waals surface area (Å²) in [6.07, 6.45) is 1.90. The zero-order valence-electron chi connectivity index (χ0n) is 9.75. The lowest BCUT2D eigenvalue weighted by atomic mass is 10.2. The molecular formula is C12H16N4O. The first kappa shape index (κ1) is 11.6. The monoisotopic (exact) mass is 232 g/mol. The van der Waals surface area contributed by atoms with Crippen molar-refractivity contribution < 1.29 is 4.74 Å². The summed E-state index contributed by atoms with van der Waals surface area (Å²) in [6, 6.07) is 8.09. The molecule has 0 aromatic heterocycles. The van der Waals surface area contributed by atoms with Crippen molar-refractivity contribution in [1.82, 2.24) is 0 Å². The van der Waals surface area contributed by atoms with Crippen LogP contribution in [0.4, 0.5) is 5.69 Å². The average molecular weight is 232 g/mol. The standard InChI is InChI=1S/C12H16N4O/c13-15-14-7-3-8-16-9-4-10-17-12-6-2-1-5-11(12)16/h1-2,5-6H,3-4,7-10H2. The van der Waals surface area contributed by atoms with E-state index in [4.69, 9.17) is 10.3 Å². The van der Waals surface area contributed by atoms with Gasteiger partial charge >= 0.3 is 0 Å². The van der Waals surface area contributed by atoms with Gasteiger partial charge in [0.2, 0.25) is 0 Å². The van der Waals surface area contributed by atoms with E-state index in [1.54, 1.807) is 0 Å². The first-order valence-corrected chi connectivity index (χ1v) is 5.89. The Morgan fingerprint density at radius 2 is 2.29 bits per heavy atom. The van der Waals surface area contributed by atoms with Gasteiger partial charge in [0.25, 0.3) is 0 Å². The van der Waals surface area contributed by atoms with E-state index in [0.29, 0.717) is 6.54 Å². The lowest BCUT2D eigenvalue weighted by molar-refractivity contribution is 0.322. The highest BCUT2D eigenvalue weighted by atomic mass is 16.5. The summed E-state index contributed by atoms with van der Waals surface area (Å²) in [7, 11) is 0. The van der Waals surface area contributed by atoms with Crippen molar-refractivity contribution in [3.8, 4) is 5.75 Å². The third-order valence-corrected chi connectivity index (χ3v) is 2.79. The van der Waals surface area contributed by atoms with Gasteiger partial charge in [0.1, 0.15) is 5.75 Å².